The molecule has 0 amide bonds. The summed E-state index contributed by atoms with van der Waals surface area (Å²) < 4.78 is 6.91. The quantitative estimate of drug-likeness (QED) is 0.878. The maximum absolute atomic E-state index is 11.6. The van der Waals surface area contributed by atoms with Crippen molar-refractivity contribution < 1.29 is 4.42 Å². The van der Waals surface area contributed by atoms with Gasteiger partial charge in [-0.1, -0.05) is 13.0 Å². The van der Waals surface area contributed by atoms with Crippen LogP contribution in [0, 0.1) is 0 Å². The van der Waals surface area contributed by atoms with Crippen LogP contribution in [0.2, 0.25) is 0 Å². The van der Waals surface area contributed by atoms with E-state index in [1.807, 2.05) is 32.0 Å². The molecule has 17 heavy (non-hydrogen) atoms. The van der Waals surface area contributed by atoms with Gasteiger partial charge in [0.15, 0.2) is 5.58 Å². The van der Waals surface area contributed by atoms with Crippen LogP contribution < -0.4 is 11.5 Å². The Morgan fingerprint density at radius 2 is 2.24 bits per heavy atom. The lowest BCUT2D eigenvalue weighted by atomic mass is 10.1. The first kappa shape index (κ1) is 11.9. The minimum Gasteiger partial charge on any atom is -0.408 e. The molecule has 0 radical (unpaired) electrons. The van der Waals surface area contributed by atoms with Gasteiger partial charge in [0.2, 0.25) is 0 Å². The third-order valence-electron chi connectivity index (χ3n) is 2.74. The zero-order valence-corrected chi connectivity index (χ0v) is 10.3. The topological polar surface area (TPSA) is 61.2 Å². The number of oxazole rings is 1. The van der Waals surface area contributed by atoms with Crippen LogP contribution in [0.1, 0.15) is 25.8 Å². The minimum absolute atomic E-state index is 0.108. The van der Waals surface area contributed by atoms with Crippen molar-refractivity contribution in [2.45, 2.75) is 39.3 Å². The molecule has 92 valence electrons. The number of nitrogens with zero attached hydrogens (tertiary/aromatic N) is 1. The Kier molecular flexibility index (Phi) is 3.33. The van der Waals surface area contributed by atoms with Crippen LogP contribution in [0.4, 0.5) is 0 Å². The van der Waals surface area contributed by atoms with Crippen molar-refractivity contribution in [3.8, 4) is 0 Å². The van der Waals surface area contributed by atoms with E-state index in [-0.39, 0.29) is 11.8 Å². The van der Waals surface area contributed by atoms with E-state index in [2.05, 4.69) is 0 Å². The Hall–Kier alpha value is -1.55. The molecule has 0 aliphatic heterocycles. The van der Waals surface area contributed by atoms with Gasteiger partial charge in [-0.25, -0.2) is 4.79 Å². The number of rotatable bonds is 4. The molecule has 4 nitrogen and oxygen atoms in total. The van der Waals surface area contributed by atoms with Gasteiger partial charge in [-0.3, -0.25) is 4.57 Å². The van der Waals surface area contributed by atoms with Crippen LogP contribution >= 0.6 is 0 Å². The van der Waals surface area contributed by atoms with Crippen molar-refractivity contribution in [3.63, 3.8) is 0 Å². The van der Waals surface area contributed by atoms with E-state index >= 15 is 0 Å². The summed E-state index contributed by atoms with van der Waals surface area (Å²) in [5.74, 6) is -0.278. The van der Waals surface area contributed by atoms with E-state index in [1.54, 1.807) is 4.57 Å². The smallest absolute Gasteiger partial charge is 0.408 e. The van der Waals surface area contributed by atoms with Crippen LogP contribution in [0.3, 0.4) is 0 Å². The fraction of sp³-hybridized carbons (Fsp3) is 0.462. The zero-order valence-electron chi connectivity index (χ0n) is 10.3. The van der Waals surface area contributed by atoms with Gasteiger partial charge in [0.25, 0.3) is 0 Å². The summed E-state index contributed by atoms with van der Waals surface area (Å²) in [6, 6.07) is 5.96. The molecular formula is C13H18N2O2. The van der Waals surface area contributed by atoms with E-state index in [1.165, 1.54) is 0 Å². The van der Waals surface area contributed by atoms with Gasteiger partial charge in [-0.05, 0) is 37.5 Å². The lowest BCUT2D eigenvalue weighted by molar-refractivity contribution is 0.502. The number of fused-ring (bicyclic) bond motifs is 1. The fourth-order valence-electron chi connectivity index (χ4n) is 2.04. The Morgan fingerprint density at radius 3 is 2.88 bits per heavy atom. The molecule has 0 aliphatic rings. The second-order valence-corrected chi connectivity index (χ2v) is 4.50. The van der Waals surface area contributed by atoms with Crippen LogP contribution in [0.5, 0.6) is 0 Å². The Bertz CT molecular complexity index is 566. The molecule has 0 fully saturated rings. The molecule has 0 spiro atoms. The largest absolute Gasteiger partial charge is 0.419 e. The molecule has 1 aromatic carbocycles. The maximum Gasteiger partial charge on any atom is 0.419 e. The molecule has 0 saturated heterocycles. The lowest BCUT2D eigenvalue weighted by Gasteiger charge is -2.04. The van der Waals surface area contributed by atoms with Crippen molar-refractivity contribution in [2.24, 2.45) is 5.73 Å². The van der Waals surface area contributed by atoms with Gasteiger partial charge in [0, 0.05) is 12.6 Å². The highest BCUT2D eigenvalue weighted by molar-refractivity contribution is 5.73. The number of benzene rings is 1. The highest BCUT2D eigenvalue weighted by Gasteiger charge is 2.09. The molecule has 0 bridgehead atoms. The molecule has 1 unspecified atom stereocenters. The molecule has 1 aromatic heterocycles. The van der Waals surface area contributed by atoms with Crippen LogP contribution in [0.15, 0.2) is 27.4 Å². The van der Waals surface area contributed by atoms with Crippen LogP contribution in [0.25, 0.3) is 11.1 Å². The summed E-state index contributed by atoms with van der Waals surface area (Å²) in [6.45, 7) is 4.69. The first-order valence-electron chi connectivity index (χ1n) is 5.99. The van der Waals surface area contributed by atoms with Crippen molar-refractivity contribution in [1.82, 2.24) is 4.57 Å². The van der Waals surface area contributed by atoms with Gasteiger partial charge >= 0.3 is 5.76 Å². The average Bonchev–Trinajstić information content (AvgIpc) is 2.54. The van der Waals surface area contributed by atoms with Crippen LogP contribution in [-0.2, 0) is 13.0 Å². The number of aromatic nitrogens is 1. The van der Waals surface area contributed by atoms with Crippen LogP contribution in [-0.4, -0.2) is 10.6 Å². The number of hydrogen-bond acceptors (Lipinski definition) is 3. The predicted molar refractivity (Wildman–Crippen MR) is 68.1 cm³/mol. The minimum atomic E-state index is -0.278. The first-order chi connectivity index (χ1) is 8.11. The van der Waals surface area contributed by atoms with Gasteiger partial charge in [-0.2, -0.15) is 0 Å². The van der Waals surface area contributed by atoms with Crippen molar-refractivity contribution in [3.05, 3.63) is 34.3 Å². The number of aryl methyl sites for hydroxylation is 1. The van der Waals surface area contributed by atoms with E-state index in [0.717, 1.165) is 23.9 Å². The van der Waals surface area contributed by atoms with E-state index < -0.39 is 0 Å². The normalized spacial score (nSPS) is 13.1. The monoisotopic (exact) mass is 234 g/mol. The van der Waals surface area contributed by atoms with Crippen molar-refractivity contribution >= 4 is 11.1 Å². The Labute approximate surface area is 100 Å². The molecule has 2 N–H and O–H groups in total. The Morgan fingerprint density at radius 1 is 1.47 bits per heavy atom. The summed E-state index contributed by atoms with van der Waals surface area (Å²) in [4.78, 5) is 11.6. The molecule has 1 atom stereocenters. The third kappa shape index (κ3) is 2.42. The summed E-state index contributed by atoms with van der Waals surface area (Å²) >= 11 is 0. The third-order valence-corrected chi connectivity index (χ3v) is 2.74. The maximum atomic E-state index is 11.6. The molecule has 1 heterocycles. The summed E-state index contributed by atoms with van der Waals surface area (Å²) in [7, 11) is 0. The standard InChI is InChI=1S/C13H18N2O2/c1-3-6-15-11-5-4-10(7-9(2)14)8-12(11)17-13(15)16/h4-5,8-9H,3,6-7,14H2,1-2H3. The highest BCUT2D eigenvalue weighted by atomic mass is 16.4. The van der Waals surface area contributed by atoms with E-state index in [4.69, 9.17) is 10.2 Å². The highest BCUT2D eigenvalue weighted by Crippen LogP contribution is 2.16. The van der Waals surface area contributed by atoms with Crippen molar-refractivity contribution in [1.29, 1.82) is 0 Å². The molecule has 2 rings (SSSR count). The predicted octanol–water partition coefficient (Wildman–Crippen LogP) is 1.89. The molecule has 0 saturated carbocycles. The molecule has 4 heteroatoms. The molecule has 2 aromatic rings. The SMILES string of the molecule is CCCn1c(=O)oc2cc(CC(C)N)ccc21. The summed E-state index contributed by atoms with van der Waals surface area (Å²) in [6.07, 6.45) is 1.70. The second-order valence-electron chi connectivity index (χ2n) is 4.50. The fourth-order valence-corrected chi connectivity index (χ4v) is 2.04. The lowest BCUT2D eigenvalue weighted by Crippen LogP contribution is -2.17. The number of nitrogens with two attached hydrogens (primary N) is 1. The van der Waals surface area contributed by atoms with Gasteiger partial charge in [0.1, 0.15) is 0 Å². The van der Waals surface area contributed by atoms with E-state index in [0.29, 0.717) is 12.1 Å². The number of hydrogen-bond donors (Lipinski definition) is 1. The zero-order chi connectivity index (χ0) is 12.4. The molecule has 0 aliphatic carbocycles. The van der Waals surface area contributed by atoms with E-state index in [9.17, 15) is 4.79 Å². The van der Waals surface area contributed by atoms with Gasteiger partial charge in [0.05, 0.1) is 5.52 Å². The molecular weight excluding hydrogens is 216 g/mol. The summed E-state index contributed by atoms with van der Waals surface area (Å²) in [5, 5.41) is 0. The average molecular weight is 234 g/mol. The van der Waals surface area contributed by atoms with Gasteiger partial charge < -0.3 is 10.2 Å². The summed E-state index contributed by atoms with van der Waals surface area (Å²) in [5.41, 5.74) is 8.38. The Balaban J connectivity index is 2.46. The second kappa shape index (κ2) is 4.75. The van der Waals surface area contributed by atoms with Crippen molar-refractivity contribution in [2.75, 3.05) is 0 Å². The first-order valence-corrected chi connectivity index (χ1v) is 5.99. The van der Waals surface area contributed by atoms with Gasteiger partial charge in [-0.15, -0.1) is 0 Å².